The third-order valence-corrected chi connectivity index (χ3v) is 3.53. The molecule has 14 heavy (non-hydrogen) atoms. The van der Waals surface area contributed by atoms with Crippen LogP contribution in [0, 0.1) is 5.92 Å². The molecule has 0 aliphatic heterocycles. The summed E-state index contributed by atoms with van der Waals surface area (Å²) in [6, 6.07) is 2.17. The summed E-state index contributed by atoms with van der Waals surface area (Å²) in [6.07, 6.45) is 1.09. The highest BCUT2D eigenvalue weighted by Crippen LogP contribution is 2.35. The third kappa shape index (κ3) is 2.26. The molecule has 2 atom stereocenters. The van der Waals surface area contributed by atoms with Gasteiger partial charge < -0.3 is 4.74 Å². The minimum atomic E-state index is 0.190. The molecule has 1 aromatic heterocycles. The van der Waals surface area contributed by atoms with Crippen LogP contribution in [0.5, 0.6) is 5.75 Å². The number of rotatable bonds is 5. The van der Waals surface area contributed by atoms with E-state index in [2.05, 4.69) is 19.3 Å². The molecule has 80 valence electrons. The molecule has 3 nitrogen and oxygen atoms in total. The molecule has 0 saturated carbocycles. The van der Waals surface area contributed by atoms with Gasteiger partial charge in [-0.05, 0) is 17.4 Å². The second kappa shape index (κ2) is 5.34. The lowest BCUT2D eigenvalue weighted by atomic mass is 9.98. The molecule has 0 bridgehead atoms. The number of thiophene rings is 1. The van der Waals surface area contributed by atoms with E-state index >= 15 is 0 Å². The van der Waals surface area contributed by atoms with Gasteiger partial charge in [-0.1, -0.05) is 20.3 Å². The van der Waals surface area contributed by atoms with E-state index < -0.39 is 0 Å². The molecule has 3 N–H and O–H groups in total. The maximum atomic E-state index is 5.57. The van der Waals surface area contributed by atoms with E-state index in [9.17, 15) is 0 Å². The van der Waals surface area contributed by atoms with Crippen molar-refractivity contribution >= 4 is 11.3 Å². The molecule has 0 saturated heterocycles. The Morgan fingerprint density at radius 3 is 2.86 bits per heavy atom. The molecule has 1 rings (SSSR count). The zero-order valence-electron chi connectivity index (χ0n) is 8.91. The minimum absolute atomic E-state index is 0.190. The maximum Gasteiger partial charge on any atom is 0.134 e. The lowest BCUT2D eigenvalue weighted by molar-refractivity contribution is 0.361. The first-order valence-corrected chi connectivity index (χ1v) is 5.70. The molecule has 0 spiro atoms. The number of nitrogens with one attached hydrogen (secondary N) is 1. The minimum Gasteiger partial charge on any atom is -0.496 e. The summed E-state index contributed by atoms with van der Waals surface area (Å²) in [5.74, 6) is 7.00. The van der Waals surface area contributed by atoms with Crippen LogP contribution in [0.4, 0.5) is 0 Å². The van der Waals surface area contributed by atoms with Crippen molar-refractivity contribution in [3.63, 3.8) is 0 Å². The van der Waals surface area contributed by atoms with Crippen LogP contribution in [-0.4, -0.2) is 7.11 Å². The van der Waals surface area contributed by atoms with E-state index in [0.29, 0.717) is 5.92 Å². The van der Waals surface area contributed by atoms with Gasteiger partial charge in [-0.3, -0.25) is 11.3 Å². The van der Waals surface area contributed by atoms with Gasteiger partial charge in [0.05, 0.1) is 18.0 Å². The van der Waals surface area contributed by atoms with Crippen molar-refractivity contribution in [1.82, 2.24) is 5.43 Å². The quantitative estimate of drug-likeness (QED) is 0.584. The van der Waals surface area contributed by atoms with Gasteiger partial charge in [0.1, 0.15) is 5.75 Å². The van der Waals surface area contributed by atoms with Crippen molar-refractivity contribution in [1.29, 1.82) is 0 Å². The number of nitrogens with two attached hydrogens (primary N) is 1. The zero-order valence-corrected chi connectivity index (χ0v) is 9.73. The van der Waals surface area contributed by atoms with Gasteiger partial charge in [0.25, 0.3) is 0 Å². The van der Waals surface area contributed by atoms with Gasteiger partial charge in [-0.15, -0.1) is 11.3 Å². The molecule has 0 aliphatic rings. The highest BCUT2D eigenvalue weighted by atomic mass is 32.1. The van der Waals surface area contributed by atoms with Crippen LogP contribution in [0.2, 0.25) is 0 Å². The van der Waals surface area contributed by atoms with Crippen molar-refractivity contribution in [3.8, 4) is 5.75 Å². The van der Waals surface area contributed by atoms with Crippen LogP contribution in [-0.2, 0) is 0 Å². The summed E-state index contributed by atoms with van der Waals surface area (Å²) in [7, 11) is 1.69. The monoisotopic (exact) mass is 214 g/mol. The zero-order chi connectivity index (χ0) is 10.6. The Hall–Kier alpha value is -0.580. The Morgan fingerprint density at radius 2 is 2.36 bits per heavy atom. The number of methoxy groups -OCH3 is 1. The lowest BCUT2D eigenvalue weighted by Gasteiger charge is -2.21. The van der Waals surface area contributed by atoms with Crippen molar-refractivity contribution in [2.45, 2.75) is 26.3 Å². The SMILES string of the molecule is CCC(C)C(NN)c1sccc1OC. The third-order valence-electron chi connectivity index (χ3n) is 2.55. The van der Waals surface area contributed by atoms with Gasteiger partial charge in [0, 0.05) is 0 Å². The maximum absolute atomic E-state index is 5.57. The number of hydrogen-bond donors (Lipinski definition) is 2. The van der Waals surface area contributed by atoms with Crippen molar-refractivity contribution < 1.29 is 4.74 Å². The molecule has 0 aliphatic carbocycles. The van der Waals surface area contributed by atoms with Crippen LogP contribution >= 0.6 is 11.3 Å². The lowest BCUT2D eigenvalue weighted by Crippen LogP contribution is -2.32. The fraction of sp³-hybridized carbons (Fsp3) is 0.600. The van der Waals surface area contributed by atoms with Crippen molar-refractivity contribution in [2.75, 3.05) is 7.11 Å². The largest absolute Gasteiger partial charge is 0.496 e. The van der Waals surface area contributed by atoms with E-state index in [0.717, 1.165) is 12.2 Å². The fourth-order valence-electron chi connectivity index (χ4n) is 1.44. The standard InChI is InChI=1S/C10H18N2OS/c1-4-7(2)9(12-11)10-8(13-3)5-6-14-10/h5-7,9,12H,4,11H2,1-3H3. The molecular weight excluding hydrogens is 196 g/mol. The average Bonchev–Trinajstić information content (AvgIpc) is 2.66. The van der Waals surface area contributed by atoms with Crippen LogP contribution in [0.15, 0.2) is 11.4 Å². The van der Waals surface area contributed by atoms with Gasteiger partial charge in [-0.25, -0.2) is 0 Å². The van der Waals surface area contributed by atoms with Crippen LogP contribution < -0.4 is 16.0 Å². The highest BCUT2D eigenvalue weighted by molar-refractivity contribution is 7.10. The van der Waals surface area contributed by atoms with E-state index in [1.807, 2.05) is 11.4 Å². The van der Waals surface area contributed by atoms with Gasteiger partial charge in [-0.2, -0.15) is 0 Å². The number of hydrogen-bond acceptors (Lipinski definition) is 4. The second-order valence-corrected chi connectivity index (χ2v) is 4.33. The Bertz CT molecular complexity index is 275. The molecule has 0 amide bonds. The first-order valence-electron chi connectivity index (χ1n) is 4.82. The number of ether oxygens (including phenoxy) is 1. The Balaban J connectivity index is 2.88. The predicted molar refractivity (Wildman–Crippen MR) is 60.4 cm³/mol. The summed E-state index contributed by atoms with van der Waals surface area (Å²) in [5.41, 5.74) is 2.86. The summed E-state index contributed by atoms with van der Waals surface area (Å²) in [4.78, 5) is 1.18. The highest BCUT2D eigenvalue weighted by Gasteiger charge is 2.21. The normalized spacial score (nSPS) is 15.1. The van der Waals surface area contributed by atoms with Crippen molar-refractivity contribution in [3.05, 3.63) is 16.3 Å². The Morgan fingerprint density at radius 1 is 1.64 bits per heavy atom. The Kier molecular flexibility index (Phi) is 4.38. The van der Waals surface area contributed by atoms with Crippen molar-refractivity contribution in [2.24, 2.45) is 11.8 Å². The van der Waals surface area contributed by atoms with E-state index in [-0.39, 0.29) is 6.04 Å². The van der Waals surface area contributed by atoms with Crippen LogP contribution in [0.1, 0.15) is 31.2 Å². The molecular formula is C10H18N2OS. The molecule has 1 aromatic rings. The topological polar surface area (TPSA) is 47.3 Å². The molecule has 2 unspecified atom stereocenters. The fourth-order valence-corrected chi connectivity index (χ4v) is 2.49. The molecule has 0 aromatic carbocycles. The van der Waals surface area contributed by atoms with E-state index in [1.54, 1.807) is 18.4 Å². The molecule has 0 radical (unpaired) electrons. The molecule has 4 heteroatoms. The van der Waals surface area contributed by atoms with Gasteiger partial charge in [0.2, 0.25) is 0 Å². The predicted octanol–water partition coefficient (Wildman–Crippen LogP) is 2.31. The smallest absolute Gasteiger partial charge is 0.134 e. The second-order valence-electron chi connectivity index (χ2n) is 3.38. The first kappa shape index (κ1) is 11.5. The summed E-state index contributed by atoms with van der Waals surface area (Å²) in [5, 5.41) is 2.03. The first-order chi connectivity index (χ1) is 6.74. The van der Waals surface area contributed by atoms with Gasteiger partial charge >= 0.3 is 0 Å². The summed E-state index contributed by atoms with van der Waals surface area (Å²) >= 11 is 1.68. The number of hydrazine groups is 1. The van der Waals surface area contributed by atoms with Crippen LogP contribution in [0.3, 0.4) is 0 Å². The molecule has 1 heterocycles. The Labute approximate surface area is 89.2 Å². The average molecular weight is 214 g/mol. The summed E-state index contributed by atoms with van der Waals surface area (Å²) in [6.45, 7) is 4.35. The van der Waals surface area contributed by atoms with Crippen LogP contribution in [0.25, 0.3) is 0 Å². The van der Waals surface area contributed by atoms with E-state index in [1.165, 1.54) is 4.88 Å². The van der Waals surface area contributed by atoms with Gasteiger partial charge in [0.15, 0.2) is 0 Å². The summed E-state index contributed by atoms with van der Waals surface area (Å²) < 4.78 is 5.28. The van der Waals surface area contributed by atoms with E-state index in [4.69, 9.17) is 10.6 Å². The molecule has 0 fully saturated rings.